The molecule has 0 aliphatic rings. The van der Waals surface area contributed by atoms with Crippen molar-refractivity contribution in [2.45, 2.75) is 54.2 Å². The Bertz CT molecular complexity index is 765. The van der Waals surface area contributed by atoms with Crippen molar-refractivity contribution in [2.24, 2.45) is 0 Å². The van der Waals surface area contributed by atoms with Crippen LogP contribution in [0.2, 0.25) is 6.04 Å². The van der Waals surface area contributed by atoms with Gasteiger partial charge in [-0.3, -0.25) is 0 Å². The van der Waals surface area contributed by atoms with Crippen LogP contribution in [0.3, 0.4) is 0 Å². The number of amides is 1. The van der Waals surface area contributed by atoms with Gasteiger partial charge in [-0.15, -0.1) is 0 Å². The van der Waals surface area contributed by atoms with E-state index in [1.807, 2.05) is 0 Å². The second-order valence-electron chi connectivity index (χ2n) is 6.98. The highest BCUT2D eigenvalue weighted by atomic mass is 28.4. The topological polar surface area (TPSA) is 66.0 Å². The number of carbonyl (C=O) groups excluding carboxylic acids is 1. The van der Waals surface area contributed by atoms with Gasteiger partial charge in [0.2, 0.25) is 0 Å². The number of hydrogen-bond donors (Lipinski definition) is 1. The maximum atomic E-state index is 13.6. The van der Waals surface area contributed by atoms with E-state index in [0.29, 0.717) is 0 Å². The van der Waals surface area contributed by atoms with Crippen LogP contribution in [-0.4, -0.2) is 91.1 Å². The van der Waals surface area contributed by atoms with Gasteiger partial charge in [-0.1, -0.05) is 0 Å². The first-order valence-electron chi connectivity index (χ1n) is 9.18. The zero-order valence-corrected chi connectivity index (χ0v) is 19.5. The summed E-state index contributed by atoms with van der Waals surface area (Å²) in [5.74, 6) is -47.5. The fourth-order valence-corrected chi connectivity index (χ4v) is 4.07. The van der Waals surface area contributed by atoms with Crippen LogP contribution in [0.1, 0.15) is 6.42 Å². The number of alkyl halides is 15. The van der Waals surface area contributed by atoms with Gasteiger partial charge in [-0.2, -0.15) is 65.9 Å². The van der Waals surface area contributed by atoms with Gasteiger partial charge in [0, 0.05) is 33.9 Å². The van der Waals surface area contributed by atoms with Crippen LogP contribution in [0, 0.1) is 0 Å². The van der Waals surface area contributed by atoms with Crippen molar-refractivity contribution >= 4 is 14.9 Å². The maximum Gasteiger partial charge on any atom is 0.500 e. The molecule has 0 saturated carbocycles. The summed E-state index contributed by atoms with van der Waals surface area (Å²) >= 11 is 0. The number of halogens is 15. The smallest absolute Gasteiger partial charge is 0.443 e. The van der Waals surface area contributed by atoms with Gasteiger partial charge in [-0.05, 0) is 6.42 Å². The maximum absolute atomic E-state index is 13.6. The van der Waals surface area contributed by atoms with Crippen LogP contribution in [-0.2, 0) is 18.0 Å². The summed E-state index contributed by atoms with van der Waals surface area (Å²) in [4.78, 5) is 11.3. The van der Waals surface area contributed by atoms with Gasteiger partial charge >= 0.3 is 56.6 Å². The van der Waals surface area contributed by atoms with Crippen molar-refractivity contribution in [3.63, 3.8) is 0 Å². The third-order valence-corrected chi connectivity index (χ3v) is 7.47. The van der Waals surface area contributed by atoms with Crippen molar-refractivity contribution < 1.29 is 88.7 Å². The number of alkyl carbamates (subject to hydrolysis) is 1. The molecule has 6 nitrogen and oxygen atoms in total. The lowest BCUT2D eigenvalue weighted by Gasteiger charge is -2.41. The van der Waals surface area contributed by atoms with E-state index in [9.17, 15) is 70.7 Å². The summed E-state index contributed by atoms with van der Waals surface area (Å²) in [5.41, 5.74) is 0. The average Bonchev–Trinajstić information content (AvgIpc) is 2.77. The van der Waals surface area contributed by atoms with Crippen molar-refractivity contribution in [1.82, 2.24) is 5.32 Å². The Balaban J connectivity index is 5.58. The zero-order chi connectivity index (χ0) is 29.9. The van der Waals surface area contributed by atoms with Gasteiger partial charge in [0.05, 0.1) is 0 Å². The van der Waals surface area contributed by atoms with Gasteiger partial charge in [0.1, 0.15) is 0 Å². The molecule has 0 spiro atoms. The second kappa shape index (κ2) is 11.2. The molecule has 1 amide bonds. The molecule has 1 N–H and O–H groups in total. The van der Waals surface area contributed by atoms with E-state index in [-0.39, 0.29) is 12.5 Å². The molecule has 0 aromatic carbocycles. The largest absolute Gasteiger partial charge is 0.500 e. The van der Waals surface area contributed by atoms with E-state index in [0.717, 1.165) is 0 Å². The predicted molar refractivity (Wildman–Crippen MR) is 91.3 cm³/mol. The van der Waals surface area contributed by atoms with Gasteiger partial charge in [0.25, 0.3) is 0 Å². The highest BCUT2D eigenvalue weighted by Crippen LogP contribution is 2.62. The summed E-state index contributed by atoms with van der Waals surface area (Å²) in [6, 6.07) is -0.0386. The average molecular weight is 605 g/mol. The summed E-state index contributed by atoms with van der Waals surface area (Å²) in [6.45, 7) is -3.73. The molecule has 222 valence electrons. The van der Waals surface area contributed by atoms with Crippen molar-refractivity contribution in [3.8, 4) is 0 Å². The SMILES string of the molecule is CO[Si](CCCNC(=O)OCC(F)(F)C(F)(F)C(F)(F)C(F)(F)C(F)(F)C(F)(F)C(F)(F)F)(OC)OC. The van der Waals surface area contributed by atoms with Crippen LogP contribution in [0.25, 0.3) is 0 Å². The first kappa shape index (κ1) is 35.3. The van der Waals surface area contributed by atoms with E-state index in [2.05, 4.69) is 4.74 Å². The molecular weight excluding hydrogens is 587 g/mol. The molecule has 0 heterocycles. The quantitative estimate of drug-likeness (QED) is 0.164. The first-order chi connectivity index (χ1) is 16.3. The van der Waals surface area contributed by atoms with E-state index < -0.39 is 69.8 Å². The van der Waals surface area contributed by atoms with E-state index >= 15 is 0 Å². The van der Waals surface area contributed by atoms with E-state index in [4.69, 9.17) is 13.3 Å². The Morgan fingerprint density at radius 2 is 1.03 bits per heavy atom. The summed E-state index contributed by atoms with van der Waals surface area (Å²) < 4.78 is 214. The normalized spacial score (nSPS) is 15.1. The zero-order valence-electron chi connectivity index (χ0n) is 18.5. The standard InChI is InChI=1S/C15H18F15NO5Si/c1-33-37(34-2,35-3)6-4-5-31-8(32)36-7-9(16,17)10(18,19)11(20,21)12(22,23)13(24,25)14(26,27)15(28,29)30/h4-7H2,1-3H3,(H,31,32). The van der Waals surface area contributed by atoms with E-state index in [1.165, 1.54) is 21.3 Å². The lowest BCUT2D eigenvalue weighted by atomic mass is 9.91. The molecule has 22 heteroatoms. The predicted octanol–water partition coefficient (Wildman–Crippen LogP) is 5.35. The fourth-order valence-electron chi connectivity index (χ4n) is 2.35. The van der Waals surface area contributed by atoms with Crippen LogP contribution in [0.15, 0.2) is 0 Å². The van der Waals surface area contributed by atoms with Crippen LogP contribution >= 0.6 is 0 Å². The highest BCUT2D eigenvalue weighted by Gasteiger charge is 2.93. The monoisotopic (exact) mass is 605 g/mol. The molecule has 0 atom stereocenters. The highest BCUT2D eigenvalue weighted by molar-refractivity contribution is 6.60. The summed E-state index contributed by atoms with van der Waals surface area (Å²) in [7, 11) is 0.356. The molecule has 0 fully saturated rings. The van der Waals surface area contributed by atoms with Crippen LogP contribution < -0.4 is 5.32 Å². The molecule has 0 aliphatic carbocycles. The van der Waals surface area contributed by atoms with E-state index in [1.54, 1.807) is 5.32 Å². The molecule has 0 bridgehead atoms. The third-order valence-electron chi connectivity index (χ3n) is 4.64. The fraction of sp³-hybridized carbons (Fsp3) is 0.933. The summed E-state index contributed by atoms with van der Waals surface area (Å²) in [5, 5.41) is 1.62. The van der Waals surface area contributed by atoms with Crippen LogP contribution in [0.5, 0.6) is 0 Å². The molecule has 0 rings (SSSR count). The van der Waals surface area contributed by atoms with Gasteiger partial charge in [0.15, 0.2) is 6.61 Å². The molecule has 0 aromatic rings. The minimum Gasteiger partial charge on any atom is -0.443 e. The number of rotatable bonds is 14. The Hall–Kier alpha value is -1.68. The molecular formula is C15H18F15NO5Si. The lowest BCUT2D eigenvalue weighted by molar-refractivity contribution is -0.453. The number of ether oxygens (including phenoxy) is 1. The molecule has 0 unspecified atom stereocenters. The lowest BCUT2D eigenvalue weighted by Crippen LogP contribution is -2.73. The third kappa shape index (κ3) is 6.32. The number of carbonyl (C=O) groups is 1. The Morgan fingerprint density at radius 3 is 1.41 bits per heavy atom. The Morgan fingerprint density at radius 1 is 0.649 bits per heavy atom. The van der Waals surface area contributed by atoms with Gasteiger partial charge in [-0.25, -0.2) is 4.79 Å². The van der Waals surface area contributed by atoms with Crippen LogP contribution in [0.4, 0.5) is 70.7 Å². The van der Waals surface area contributed by atoms with Gasteiger partial charge < -0.3 is 23.3 Å². The Kier molecular flexibility index (Phi) is 10.7. The Labute approximate surface area is 198 Å². The number of hydrogen-bond acceptors (Lipinski definition) is 5. The van der Waals surface area contributed by atoms with Crippen molar-refractivity contribution in [3.05, 3.63) is 0 Å². The van der Waals surface area contributed by atoms with Crippen molar-refractivity contribution in [1.29, 1.82) is 0 Å². The molecule has 0 aliphatic heterocycles. The second-order valence-corrected chi connectivity index (χ2v) is 10.1. The first-order valence-corrected chi connectivity index (χ1v) is 11.1. The molecule has 0 saturated heterocycles. The minimum atomic E-state index is -8.41. The molecule has 0 aromatic heterocycles. The minimum absolute atomic E-state index is 0.0386. The molecule has 37 heavy (non-hydrogen) atoms. The molecule has 0 radical (unpaired) electrons. The summed E-state index contributed by atoms with van der Waals surface area (Å²) in [6.07, 6.45) is -9.86. The van der Waals surface area contributed by atoms with Crippen molar-refractivity contribution in [2.75, 3.05) is 34.5 Å². The number of nitrogens with one attached hydrogen (secondary N) is 1.